The summed E-state index contributed by atoms with van der Waals surface area (Å²) < 4.78 is 1.86. The molecular formula is C21H19N3O. The summed E-state index contributed by atoms with van der Waals surface area (Å²) in [5.41, 5.74) is 2.37. The van der Waals surface area contributed by atoms with E-state index in [1.807, 2.05) is 41.0 Å². The van der Waals surface area contributed by atoms with Crippen molar-refractivity contribution in [2.24, 2.45) is 0 Å². The van der Waals surface area contributed by atoms with Crippen LogP contribution in [0.4, 0.5) is 0 Å². The second kappa shape index (κ2) is 6.52. The van der Waals surface area contributed by atoms with E-state index in [0.29, 0.717) is 11.3 Å². The van der Waals surface area contributed by atoms with Crippen LogP contribution in [0.3, 0.4) is 0 Å². The Labute approximate surface area is 146 Å². The molecule has 0 fully saturated rings. The second-order valence-electron chi connectivity index (χ2n) is 6.52. The average molecular weight is 329 g/mol. The van der Waals surface area contributed by atoms with Gasteiger partial charge in [0.05, 0.1) is 10.9 Å². The Morgan fingerprint density at radius 2 is 2.08 bits per heavy atom. The fourth-order valence-corrected chi connectivity index (χ4v) is 3.33. The zero-order valence-corrected chi connectivity index (χ0v) is 14.2. The van der Waals surface area contributed by atoms with Gasteiger partial charge in [0.25, 0.3) is 5.56 Å². The molecule has 1 aliphatic heterocycles. The van der Waals surface area contributed by atoms with Crippen LogP contribution in [0.1, 0.15) is 49.2 Å². The molecule has 4 heteroatoms. The third kappa shape index (κ3) is 3.06. The Balaban J connectivity index is 1.81. The van der Waals surface area contributed by atoms with Gasteiger partial charge in [-0.15, -0.1) is 0 Å². The lowest BCUT2D eigenvalue weighted by Gasteiger charge is -2.14. The van der Waals surface area contributed by atoms with E-state index in [1.165, 1.54) is 0 Å². The quantitative estimate of drug-likeness (QED) is 0.593. The second-order valence-corrected chi connectivity index (χ2v) is 6.52. The minimum atomic E-state index is 0.0676. The van der Waals surface area contributed by atoms with Crippen molar-refractivity contribution in [3.63, 3.8) is 0 Å². The lowest BCUT2D eigenvalue weighted by Crippen LogP contribution is -2.25. The molecule has 1 unspecified atom stereocenters. The van der Waals surface area contributed by atoms with Gasteiger partial charge in [0.15, 0.2) is 0 Å². The summed E-state index contributed by atoms with van der Waals surface area (Å²) in [6.07, 6.45) is 4.99. The van der Waals surface area contributed by atoms with Crippen LogP contribution in [0.25, 0.3) is 10.9 Å². The van der Waals surface area contributed by atoms with E-state index < -0.39 is 0 Å². The number of aromatic nitrogens is 3. The smallest absolute Gasteiger partial charge is 0.261 e. The molecular weight excluding hydrogens is 310 g/mol. The molecule has 3 heterocycles. The fourth-order valence-electron chi connectivity index (χ4n) is 3.33. The highest BCUT2D eigenvalue weighted by molar-refractivity contribution is 5.79. The van der Waals surface area contributed by atoms with E-state index in [2.05, 4.69) is 23.7 Å². The number of fused-ring (bicyclic) bond motifs is 2. The molecule has 1 atom stereocenters. The summed E-state index contributed by atoms with van der Waals surface area (Å²) >= 11 is 0. The van der Waals surface area contributed by atoms with Crippen LogP contribution in [0.5, 0.6) is 0 Å². The van der Waals surface area contributed by atoms with Crippen molar-refractivity contribution in [2.45, 2.75) is 38.6 Å². The van der Waals surface area contributed by atoms with E-state index in [4.69, 9.17) is 4.98 Å². The van der Waals surface area contributed by atoms with Crippen molar-refractivity contribution in [1.29, 1.82) is 0 Å². The first kappa shape index (κ1) is 15.6. The first-order chi connectivity index (χ1) is 12.2. The molecule has 4 rings (SSSR count). The third-order valence-corrected chi connectivity index (χ3v) is 4.69. The molecule has 4 nitrogen and oxygen atoms in total. The summed E-state index contributed by atoms with van der Waals surface area (Å²) in [5, 5.41) is 0.668. The summed E-state index contributed by atoms with van der Waals surface area (Å²) in [4.78, 5) is 21.9. The molecule has 0 saturated carbocycles. The molecule has 1 aliphatic rings. The first-order valence-corrected chi connectivity index (χ1v) is 8.70. The summed E-state index contributed by atoms with van der Waals surface area (Å²) in [6, 6.07) is 11.3. The molecule has 25 heavy (non-hydrogen) atoms. The maximum Gasteiger partial charge on any atom is 0.261 e. The molecule has 0 amide bonds. The van der Waals surface area contributed by atoms with Gasteiger partial charge in [0.1, 0.15) is 11.5 Å². The molecule has 0 radical (unpaired) electrons. The standard InChI is InChI=1S/C21H19N3O/c1-15-6-3-5-13-24-20(15)23-19-14-16(9-11-18(19)21(24)25)8-10-17-7-2-4-12-22-17/h2,4,7,9,11-12,14-15H,3,5-6,13H2,1H3. The molecule has 0 N–H and O–H groups in total. The highest BCUT2D eigenvalue weighted by Gasteiger charge is 2.19. The Bertz CT molecular complexity index is 1040. The van der Waals surface area contributed by atoms with Crippen molar-refractivity contribution in [2.75, 3.05) is 0 Å². The minimum absolute atomic E-state index is 0.0676. The molecule has 0 aliphatic carbocycles. The predicted molar refractivity (Wildman–Crippen MR) is 98.5 cm³/mol. The van der Waals surface area contributed by atoms with Gasteiger partial charge >= 0.3 is 0 Å². The summed E-state index contributed by atoms with van der Waals surface area (Å²) in [5.74, 6) is 7.38. The van der Waals surface area contributed by atoms with Gasteiger partial charge in [-0.05, 0) is 49.1 Å². The van der Waals surface area contributed by atoms with Crippen LogP contribution in [0, 0.1) is 11.8 Å². The SMILES string of the molecule is CC1CCCCn2c1nc1cc(C#Cc3ccccn3)ccc1c2=O. The zero-order valence-electron chi connectivity index (χ0n) is 14.2. The van der Waals surface area contributed by atoms with Crippen LogP contribution >= 0.6 is 0 Å². The van der Waals surface area contributed by atoms with E-state index >= 15 is 0 Å². The number of hydrogen-bond acceptors (Lipinski definition) is 3. The van der Waals surface area contributed by atoms with Crippen molar-refractivity contribution < 1.29 is 0 Å². The molecule has 1 aromatic carbocycles. The third-order valence-electron chi connectivity index (χ3n) is 4.69. The first-order valence-electron chi connectivity index (χ1n) is 8.70. The van der Waals surface area contributed by atoms with E-state index in [-0.39, 0.29) is 5.56 Å². The van der Waals surface area contributed by atoms with E-state index in [9.17, 15) is 4.79 Å². The predicted octanol–water partition coefficient (Wildman–Crippen LogP) is 3.48. The Kier molecular flexibility index (Phi) is 4.07. The monoisotopic (exact) mass is 329 g/mol. The van der Waals surface area contributed by atoms with Crippen molar-refractivity contribution in [3.8, 4) is 11.8 Å². The minimum Gasteiger partial charge on any atom is -0.296 e. The normalized spacial score (nSPS) is 16.6. The highest BCUT2D eigenvalue weighted by Crippen LogP contribution is 2.24. The van der Waals surface area contributed by atoms with Gasteiger partial charge < -0.3 is 0 Å². The molecule has 3 aromatic rings. The van der Waals surface area contributed by atoms with Crippen molar-refractivity contribution in [3.05, 3.63) is 70.0 Å². The molecule has 0 spiro atoms. The zero-order chi connectivity index (χ0) is 17.2. The number of nitrogens with zero attached hydrogens (tertiary/aromatic N) is 3. The average Bonchev–Trinajstić information content (AvgIpc) is 2.83. The van der Waals surface area contributed by atoms with Crippen LogP contribution in [-0.2, 0) is 6.54 Å². The van der Waals surface area contributed by atoms with Crippen LogP contribution in [0.15, 0.2) is 47.4 Å². The maximum atomic E-state index is 12.8. The van der Waals surface area contributed by atoms with Crippen molar-refractivity contribution >= 4 is 10.9 Å². The Hall–Kier alpha value is -2.93. The van der Waals surface area contributed by atoms with Crippen LogP contribution in [-0.4, -0.2) is 14.5 Å². The molecule has 0 saturated heterocycles. The Morgan fingerprint density at radius 3 is 2.92 bits per heavy atom. The number of benzene rings is 1. The van der Waals surface area contributed by atoms with Crippen LogP contribution < -0.4 is 5.56 Å². The molecule has 2 aromatic heterocycles. The van der Waals surface area contributed by atoms with Gasteiger partial charge in [-0.3, -0.25) is 9.36 Å². The van der Waals surface area contributed by atoms with Crippen LogP contribution in [0.2, 0.25) is 0 Å². The maximum absolute atomic E-state index is 12.8. The fraction of sp³-hybridized carbons (Fsp3) is 0.286. The number of pyridine rings is 1. The highest BCUT2D eigenvalue weighted by atomic mass is 16.1. The van der Waals surface area contributed by atoms with E-state index in [0.717, 1.165) is 48.4 Å². The lowest BCUT2D eigenvalue weighted by molar-refractivity contribution is 0.613. The number of rotatable bonds is 0. The lowest BCUT2D eigenvalue weighted by atomic mass is 10.0. The summed E-state index contributed by atoms with van der Waals surface area (Å²) in [7, 11) is 0. The molecule has 0 bridgehead atoms. The van der Waals surface area contributed by atoms with Gasteiger partial charge in [0.2, 0.25) is 0 Å². The summed E-state index contributed by atoms with van der Waals surface area (Å²) in [6.45, 7) is 2.92. The molecule has 124 valence electrons. The number of hydrogen-bond donors (Lipinski definition) is 0. The van der Waals surface area contributed by atoms with Gasteiger partial charge in [-0.2, -0.15) is 0 Å². The van der Waals surface area contributed by atoms with Gasteiger partial charge in [-0.25, -0.2) is 9.97 Å². The van der Waals surface area contributed by atoms with E-state index in [1.54, 1.807) is 6.20 Å². The van der Waals surface area contributed by atoms with Gasteiger partial charge in [0, 0.05) is 24.2 Å². The Morgan fingerprint density at radius 1 is 1.16 bits per heavy atom. The topological polar surface area (TPSA) is 47.8 Å². The van der Waals surface area contributed by atoms with Crippen molar-refractivity contribution in [1.82, 2.24) is 14.5 Å². The largest absolute Gasteiger partial charge is 0.296 e. The van der Waals surface area contributed by atoms with Gasteiger partial charge in [-0.1, -0.05) is 25.3 Å².